The summed E-state index contributed by atoms with van der Waals surface area (Å²) in [6.07, 6.45) is 0. The molecule has 0 N–H and O–H groups in total. The first-order chi connectivity index (χ1) is 24.1. The maximum atomic E-state index is 2.47. The van der Waals surface area contributed by atoms with E-state index in [9.17, 15) is 0 Å². The Morgan fingerprint density at radius 2 is 1.18 bits per heavy atom. The normalized spacial score (nSPS) is 13.7. The second kappa shape index (κ2) is 9.69. The summed E-state index contributed by atoms with van der Waals surface area (Å²) >= 11 is 1.93. The zero-order valence-electron chi connectivity index (χ0n) is 27.3. The molecule has 0 spiro atoms. The van der Waals surface area contributed by atoms with Crippen molar-refractivity contribution in [3.05, 3.63) is 163 Å². The summed E-state index contributed by atoms with van der Waals surface area (Å²) in [5, 5.41) is 8.06. The van der Waals surface area contributed by atoms with Gasteiger partial charge < -0.3 is 4.90 Å². The summed E-state index contributed by atoms with van der Waals surface area (Å²) < 4.78 is 2.72. The number of rotatable bonds is 4. The van der Waals surface area contributed by atoms with Crippen molar-refractivity contribution in [1.82, 2.24) is 0 Å². The third-order valence-corrected chi connectivity index (χ3v) is 12.2. The summed E-state index contributed by atoms with van der Waals surface area (Å²) in [7, 11) is 0. The molecule has 0 aliphatic heterocycles. The smallest absolute Gasteiger partial charge is 0.0468 e. The molecular formula is C47H31NS. The lowest BCUT2D eigenvalue weighted by molar-refractivity contribution is 0.661. The Morgan fingerprint density at radius 3 is 2.08 bits per heavy atom. The number of nitrogens with zero attached hydrogens (tertiary/aromatic N) is 1. The van der Waals surface area contributed by atoms with Gasteiger partial charge in [0.25, 0.3) is 0 Å². The van der Waals surface area contributed by atoms with Crippen molar-refractivity contribution in [2.45, 2.75) is 19.3 Å². The van der Waals surface area contributed by atoms with E-state index in [1.165, 1.54) is 86.2 Å². The van der Waals surface area contributed by atoms with Crippen LogP contribution in [0.1, 0.15) is 25.0 Å². The van der Waals surface area contributed by atoms with Gasteiger partial charge in [0.05, 0.1) is 0 Å². The van der Waals surface area contributed by atoms with Crippen molar-refractivity contribution in [2.24, 2.45) is 0 Å². The van der Waals surface area contributed by atoms with Crippen LogP contribution in [0.2, 0.25) is 0 Å². The first-order valence-corrected chi connectivity index (χ1v) is 17.9. The highest BCUT2D eigenvalue weighted by atomic mass is 32.1. The highest BCUT2D eigenvalue weighted by Crippen LogP contribution is 2.60. The van der Waals surface area contributed by atoms with Gasteiger partial charge in [-0.05, 0) is 115 Å². The maximum absolute atomic E-state index is 2.47. The Balaban J connectivity index is 1.20. The van der Waals surface area contributed by atoms with Gasteiger partial charge in [-0.15, -0.1) is 11.3 Å². The molecule has 0 amide bonds. The van der Waals surface area contributed by atoms with Gasteiger partial charge in [0, 0.05) is 42.6 Å². The van der Waals surface area contributed by atoms with E-state index in [0.29, 0.717) is 0 Å². The molecule has 1 nitrogen and oxygen atoms in total. The standard InChI is InChI=1S/C47H31NS/c1-47(2)38-19-9-17-34-35-18-10-20-40-43(35)46-41(49-40)27-37(36-23-24-39(47)45(42(34)38)44(36)46)30-13-8-16-32(26-30)48(31-14-4-3-5-15-31)33-22-21-28-11-6-7-12-29(28)25-33/h3-27H,1-2H3. The molecule has 0 saturated heterocycles. The Hall–Kier alpha value is -5.70. The molecule has 0 radical (unpaired) electrons. The first-order valence-electron chi connectivity index (χ1n) is 17.1. The SMILES string of the molecule is CC1(C)c2cccc3c2-c2c1ccc1c(-c4cccc(N(c5ccccc5)c5ccc6ccccc6c5)c4)cc4sc5cccc-3c5c4c21. The lowest BCUT2D eigenvalue weighted by atomic mass is 9.80. The number of benzene rings is 8. The topological polar surface area (TPSA) is 3.24 Å². The van der Waals surface area contributed by atoms with Crippen molar-refractivity contribution >= 4 is 70.1 Å². The maximum Gasteiger partial charge on any atom is 0.0468 e. The monoisotopic (exact) mass is 641 g/mol. The van der Waals surface area contributed by atoms with Crippen LogP contribution < -0.4 is 4.90 Å². The van der Waals surface area contributed by atoms with Crippen LogP contribution in [-0.4, -0.2) is 0 Å². The zero-order chi connectivity index (χ0) is 32.4. The molecule has 49 heavy (non-hydrogen) atoms. The van der Waals surface area contributed by atoms with Crippen LogP contribution in [0.3, 0.4) is 0 Å². The summed E-state index contributed by atoms with van der Waals surface area (Å²) in [5.41, 5.74) is 14.4. The molecule has 1 heterocycles. The number of fused-ring (bicyclic) bond motifs is 2. The van der Waals surface area contributed by atoms with Crippen LogP contribution in [0, 0.1) is 0 Å². The second-order valence-corrected chi connectivity index (χ2v) is 15.2. The van der Waals surface area contributed by atoms with E-state index < -0.39 is 0 Å². The van der Waals surface area contributed by atoms with Crippen molar-refractivity contribution in [3.63, 3.8) is 0 Å². The minimum absolute atomic E-state index is 0.0609. The number of thiophene rings is 1. The molecule has 0 fully saturated rings. The van der Waals surface area contributed by atoms with E-state index in [-0.39, 0.29) is 5.41 Å². The molecule has 0 saturated carbocycles. The third kappa shape index (κ3) is 3.64. The Bertz CT molecular complexity index is 2860. The minimum Gasteiger partial charge on any atom is -0.310 e. The third-order valence-electron chi connectivity index (χ3n) is 11.1. The van der Waals surface area contributed by atoms with Gasteiger partial charge in [-0.1, -0.05) is 117 Å². The molecule has 0 bridgehead atoms. The van der Waals surface area contributed by atoms with Crippen LogP contribution in [-0.2, 0) is 5.41 Å². The minimum atomic E-state index is -0.0609. The summed E-state index contributed by atoms with van der Waals surface area (Å²) in [5.74, 6) is 0. The average Bonchev–Trinajstić information content (AvgIpc) is 3.59. The predicted molar refractivity (Wildman–Crippen MR) is 211 cm³/mol. The van der Waals surface area contributed by atoms with E-state index in [4.69, 9.17) is 0 Å². The fourth-order valence-corrected chi connectivity index (χ4v) is 10.1. The number of hydrogen-bond donors (Lipinski definition) is 0. The molecule has 2 aliphatic rings. The van der Waals surface area contributed by atoms with Gasteiger partial charge >= 0.3 is 0 Å². The summed E-state index contributed by atoms with van der Waals surface area (Å²) in [4.78, 5) is 2.39. The van der Waals surface area contributed by atoms with Crippen molar-refractivity contribution < 1.29 is 0 Å². The predicted octanol–water partition coefficient (Wildman–Crippen LogP) is 13.8. The fourth-order valence-electron chi connectivity index (χ4n) is 8.92. The molecule has 9 aromatic rings. The van der Waals surface area contributed by atoms with Crippen LogP contribution in [0.25, 0.3) is 75.1 Å². The molecule has 2 aliphatic carbocycles. The molecule has 2 heteroatoms. The van der Waals surface area contributed by atoms with E-state index in [0.717, 1.165) is 17.1 Å². The molecule has 8 aromatic carbocycles. The largest absolute Gasteiger partial charge is 0.310 e. The molecule has 230 valence electrons. The van der Waals surface area contributed by atoms with E-state index in [1.54, 1.807) is 0 Å². The van der Waals surface area contributed by atoms with Crippen LogP contribution in [0.15, 0.2) is 152 Å². The van der Waals surface area contributed by atoms with Gasteiger partial charge in [0.2, 0.25) is 0 Å². The molecular weight excluding hydrogens is 611 g/mol. The summed E-state index contributed by atoms with van der Waals surface area (Å²) in [6.45, 7) is 4.80. The first kappa shape index (κ1) is 27.3. The van der Waals surface area contributed by atoms with Gasteiger partial charge in [-0.2, -0.15) is 0 Å². The molecule has 11 rings (SSSR count). The van der Waals surface area contributed by atoms with Gasteiger partial charge in [0.15, 0.2) is 0 Å². The van der Waals surface area contributed by atoms with Crippen LogP contribution >= 0.6 is 11.3 Å². The van der Waals surface area contributed by atoms with Crippen LogP contribution in [0.5, 0.6) is 0 Å². The number of hydrogen-bond acceptors (Lipinski definition) is 2. The number of anilines is 3. The molecule has 0 unspecified atom stereocenters. The average molecular weight is 642 g/mol. The Morgan fingerprint density at radius 1 is 0.449 bits per heavy atom. The lowest BCUT2D eigenvalue weighted by Gasteiger charge is -2.26. The van der Waals surface area contributed by atoms with Gasteiger partial charge in [-0.3, -0.25) is 0 Å². The molecule has 0 atom stereocenters. The van der Waals surface area contributed by atoms with Gasteiger partial charge in [0.1, 0.15) is 0 Å². The van der Waals surface area contributed by atoms with Crippen molar-refractivity contribution in [1.29, 1.82) is 0 Å². The fraction of sp³-hybridized carbons (Fsp3) is 0.0638. The van der Waals surface area contributed by atoms with E-state index >= 15 is 0 Å². The highest BCUT2D eigenvalue weighted by molar-refractivity contribution is 7.26. The second-order valence-electron chi connectivity index (χ2n) is 14.1. The quantitative estimate of drug-likeness (QED) is 0.185. The van der Waals surface area contributed by atoms with Gasteiger partial charge in [-0.25, -0.2) is 0 Å². The zero-order valence-corrected chi connectivity index (χ0v) is 28.1. The van der Waals surface area contributed by atoms with Crippen molar-refractivity contribution in [2.75, 3.05) is 4.90 Å². The highest BCUT2D eigenvalue weighted by Gasteiger charge is 2.40. The Labute approximate surface area is 289 Å². The van der Waals surface area contributed by atoms with E-state index in [2.05, 4.69) is 170 Å². The van der Waals surface area contributed by atoms with E-state index in [1.807, 2.05) is 11.3 Å². The number of para-hydroxylation sites is 1. The van der Waals surface area contributed by atoms with Crippen molar-refractivity contribution in [3.8, 4) is 33.4 Å². The molecule has 1 aromatic heterocycles. The summed E-state index contributed by atoms with van der Waals surface area (Å²) in [6, 6.07) is 56.5. The van der Waals surface area contributed by atoms with Crippen LogP contribution in [0.4, 0.5) is 17.1 Å². The Kier molecular flexibility index (Phi) is 5.39. The lowest BCUT2D eigenvalue weighted by Crippen LogP contribution is -2.15.